The molecule has 6 heteroatoms. The SMILES string of the molecule is CCC(=O)Nc1ccc(C)c(NCc2nnc(-c3ccccc3)n2C)c1. The van der Waals surface area contributed by atoms with Crippen LogP contribution in [0.4, 0.5) is 11.4 Å². The lowest BCUT2D eigenvalue weighted by molar-refractivity contribution is -0.115. The zero-order chi connectivity index (χ0) is 18.5. The van der Waals surface area contributed by atoms with E-state index in [1.165, 1.54) is 0 Å². The molecule has 0 aliphatic heterocycles. The van der Waals surface area contributed by atoms with E-state index >= 15 is 0 Å². The summed E-state index contributed by atoms with van der Waals surface area (Å²) in [7, 11) is 1.96. The van der Waals surface area contributed by atoms with Crippen molar-refractivity contribution in [3.63, 3.8) is 0 Å². The summed E-state index contributed by atoms with van der Waals surface area (Å²) >= 11 is 0. The van der Waals surface area contributed by atoms with E-state index in [4.69, 9.17) is 0 Å². The van der Waals surface area contributed by atoms with Gasteiger partial charge in [-0.25, -0.2) is 0 Å². The van der Waals surface area contributed by atoms with Crippen molar-refractivity contribution in [1.29, 1.82) is 0 Å². The van der Waals surface area contributed by atoms with Gasteiger partial charge in [0, 0.05) is 30.4 Å². The summed E-state index contributed by atoms with van der Waals surface area (Å²) in [6, 6.07) is 15.8. The predicted molar refractivity (Wildman–Crippen MR) is 104 cm³/mol. The van der Waals surface area contributed by atoms with Crippen LogP contribution in [0.2, 0.25) is 0 Å². The molecule has 0 unspecified atom stereocenters. The van der Waals surface area contributed by atoms with Crippen LogP contribution >= 0.6 is 0 Å². The van der Waals surface area contributed by atoms with Gasteiger partial charge in [0.2, 0.25) is 5.91 Å². The number of hydrogen-bond acceptors (Lipinski definition) is 4. The number of carbonyl (C=O) groups excluding carboxylic acids is 1. The van der Waals surface area contributed by atoms with Crippen LogP contribution < -0.4 is 10.6 Å². The van der Waals surface area contributed by atoms with Crippen molar-refractivity contribution in [3.8, 4) is 11.4 Å². The van der Waals surface area contributed by atoms with Gasteiger partial charge in [0.1, 0.15) is 0 Å². The van der Waals surface area contributed by atoms with Gasteiger partial charge in [-0.1, -0.05) is 43.3 Å². The lowest BCUT2D eigenvalue weighted by Gasteiger charge is -2.12. The highest BCUT2D eigenvalue weighted by molar-refractivity contribution is 5.91. The topological polar surface area (TPSA) is 71.8 Å². The number of rotatable bonds is 6. The van der Waals surface area contributed by atoms with Gasteiger partial charge in [0.05, 0.1) is 6.54 Å². The first-order valence-electron chi connectivity index (χ1n) is 8.66. The molecule has 0 fully saturated rings. The van der Waals surface area contributed by atoms with Gasteiger partial charge in [-0.05, 0) is 24.6 Å². The molecule has 3 aromatic rings. The molecule has 6 nitrogen and oxygen atoms in total. The van der Waals surface area contributed by atoms with Gasteiger partial charge in [0.25, 0.3) is 0 Å². The summed E-state index contributed by atoms with van der Waals surface area (Å²) in [4.78, 5) is 11.6. The Bertz CT molecular complexity index is 902. The van der Waals surface area contributed by atoms with Gasteiger partial charge in [0.15, 0.2) is 11.6 Å². The third-order valence-corrected chi connectivity index (χ3v) is 4.28. The molecule has 0 atom stereocenters. The summed E-state index contributed by atoms with van der Waals surface area (Å²) in [5, 5.41) is 14.9. The second-order valence-electron chi connectivity index (χ2n) is 6.15. The van der Waals surface area contributed by atoms with Crippen LogP contribution in [0.15, 0.2) is 48.5 Å². The van der Waals surface area contributed by atoms with E-state index in [1.807, 2.05) is 74.0 Å². The van der Waals surface area contributed by atoms with E-state index in [2.05, 4.69) is 20.8 Å². The van der Waals surface area contributed by atoms with Gasteiger partial charge < -0.3 is 15.2 Å². The number of aryl methyl sites for hydroxylation is 1. The Morgan fingerprint density at radius 3 is 2.62 bits per heavy atom. The Kier molecular flexibility index (Phi) is 5.31. The van der Waals surface area contributed by atoms with Gasteiger partial charge >= 0.3 is 0 Å². The number of benzene rings is 2. The number of carbonyl (C=O) groups is 1. The number of aromatic nitrogens is 3. The molecule has 2 aromatic carbocycles. The van der Waals surface area contributed by atoms with Crippen molar-refractivity contribution in [2.24, 2.45) is 7.05 Å². The van der Waals surface area contributed by atoms with Crippen molar-refractivity contribution in [2.75, 3.05) is 10.6 Å². The van der Waals surface area contributed by atoms with Crippen molar-refractivity contribution in [3.05, 3.63) is 59.9 Å². The number of nitrogens with one attached hydrogen (secondary N) is 2. The van der Waals surface area contributed by atoms with Crippen LogP contribution in [-0.2, 0) is 18.4 Å². The van der Waals surface area contributed by atoms with Crippen molar-refractivity contribution in [2.45, 2.75) is 26.8 Å². The second kappa shape index (κ2) is 7.82. The first-order valence-corrected chi connectivity index (χ1v) is 8.66. The second-order valence-corrected chi connectivity index (χ2v) is 6.15. The molecule has 0 bridgehead atoms. The molecule has 0 saturated carbocycles. The van der Waals surface area contributed by atoms with Gasteiger partial charge in [-0.3, -0.25) is 4.79 Å². The molecule has 1 heterocycles. The maximum absolute atomic E-state index is 11.6. The standard InChI is InChI=1S/C20H23N5O/c1-4-19(26)22-16-11-10-14(2)17(12-16)21-13-18-23-24-20(25(18)3)15-8-6-5-7-9-15/h5-12,21H,4,13H2,1-3H3,(H,22,26). The van der Waals surface area contributed by atoms with Gasteiger partial charge in [-0.15, -0.1) is 10.2 Å². The molecule has 134 valence electrons. The molecule has 0 spiro atoms. The highest BCUT2D eigenvalue weighted by atomic mass is 16.1. The van der Waals surface area contributed by atoms with Crippen LogP contribution in [0, 0.1) is 6.92 Å². The summed E-state index contributed by atoms with van der Waals surface area (Å²) in [6.45, 7) is 4.41. The van der Waals surface area contributed by atoms with Crippen LogP contribution in [0.1, 0.15) is 24.7 Å². The molecule has 0 aliphatic rings. The fraction of sp³-hybridized carbons (Fsp3) is 0.250. The summed E-state index contributed by atoms with van der Waals surface area (Å²) in [5.41, 5.74) is 3.88. The quantitative estimate of drug-likeness (QED) is 0.711. The molecule has 26 heavy (non-hydrogen) atoms. The monoisotopic (exact) mass is 349 g/mol. The van der Waals surface area contributed by atoms with E-state index in [0.717, 1.165) is 34.2 Å². The maximum Gasteiger partial charge on any atom is 0.224 e. The first kappa shape index (κ1) is 17.7. The summed E-state index contributed by atoms with van der Waals surface area (Å²) in [5.74, 6) is 1.68. The molecule has 1 amide bonds. The molecule has 3 rings (SSSR count). The molecule has 0 aliphatic carbocycles. The average Bonchev–Trinajstić information content (AvgIpc) is 3.03. The third kappa shape index (κ3) is 3.91. The highest BCUT2D eigenvalue weighted by Crippen LogP contribution is 2.22. The Labute approximate surface area is 153 Å². The largest absolute Gasteiger partial charge is 0.377 e. The number of nitrogens with zero attached hydrogens (tertiary/aromatic N) is 3. The summed E-state index contributed by atoms with van der Waals surface area (Å²) < 4.78 is 1.99. The lowest BCUT2D eigenvalue weighted by Crippen LogP contribution is -2.11. The van der Waals surface area contributed by atoms with Crippen LogP contribution in [0.25, 0.3) is 11.4 Å². The van der Waals surface area contributed by atoms with Crippen LogP contribution in [0.3, 0.4) is 0 Å². The Morgan fingerprint density at radius 2 is 1.88 bits per heavy atom. The minimum Gasteiger partial charge on any atom is -0.377 e. The first-order chi connectivity index (χ1) is 12.6. The highest BCUT2D eigenvalue weighted by Gasteiger charge is 2.11. The summed E-state index contributed by atoms with van der Waals surface area (Å²) in [6.07, 6.45) is 0.456. The molecule has 2 N–H and O–H groups in total. The zero-order valence-electron chi connectivity index (χ0n) is 15.3. The Morgan fingerprint density at radius 1 is 1.12 bits per heavy atom. The molecule has 1 aromatic heterocycles. The lowest BCUT2D eigenvalue weighted by atomic mass is 10.1. The molecule has 0 saturated heterocycles. The van der Waals surface area contributed by atoms with E-state index in [-0.39, 0.29) is 5.91 Å². The average molecular weight is 349 g/mol. The van der Waals surface area contributed by atoms with Crippen LogP contribution in [-0.4, -0.2) is 20.7 Å². The van der Waals surface area contributed by atoms with Crippen molar-refractivity contribution < 1.29 is 4.79 Å². The molecular formula is C20H23N5O. The maximum atomic E-state index is 11.6. The smallest absolute Gasteiger partial charge is 0.224 e. The zero-order valence-corrected chi connectivity index (χ0v) is 15.3. The van der Waals surface area contributed by atoms with E-state index in [1.54, 1.807) is 0 Å². The van der Waals surface area contributed by atoms with Crippen molar-refractivity contribution in [1.82, 2.24) is 14.8 Å². The predicted octanol–water partition coefficient (Wildman–Crippen LogP) is 3.75. The fourth-order valence-corrected chi connectivity index (χ4v) is 2.67. The van der Waals surface area contributed by atoms with Crippen LogP contribution in [0.5, 0.6) is 0 Å². The molecule has 0 radical (unpaired) electrons. The van der Waals surface area contributed by atoms with E-state index in [9.17, 15) is 4.79 Å². The number of amides is 1. The Hall–Kier alpha value is -3.15. The third-order valence-electron chi connectivity index (χ3n) is 4.28. The minimum atomic E-state index is 0.000562. The molecular weight excluding hydrogens is 326 g/mol. The van der Waals surface area contributed by atoms with E-state index in [0.29, 0.717) is 13.0 Å². The fourth-order valence-electron chi connectivity index (χ4n) is 2.67. The van der Waals surface area contributed by atoms with Gasteiger partial charge in [-0.2, -0.15) is 0 Å². The van der Waals surface area contributed by atoms with Crippen molar-refractivity contribution >= 4 is 17.3 Å². The number of anilines is 2. The normalized spacial score (nSPS) is 10.6. The number of hydrogen-bond donors (Lipinski definition) is 2. The Balaban J connectivity index is 1.74. The van der Waals surface area contributed by atoms with E-state index < -0.39 is 0 Å². The minimum absolute atomic E-state index is 0.000562.